The molecule has 3 aromatic rings. The SMILES string of the molecule is COc1ccccc1C(=O)C=Cc1ccccc1-c1c(C)c(C)cc(C)c1C. The van der Waals surface area contributed by atoms with Gasteiger partial charge in [0.15, 0.2) is 5.78 Å². The first kappa shape index (κ1) is 19.6. The lowest BCUT2D eigenvalue weighted by molar-refractivity contribution is 0.104. The second-order valence-electron chi connectivity index (χ2n) is 7.12. The summed E-state index contributed by atoms with van der Waals surface area (Å²) >= 11 is 0. The van der Waals surface area contributed by atoms with E-state index in [1.54, 1.807) is 25.3 Å². The van der Waals surface area contributed by atoms with E-state index in [4.69, 9.17) is 4.74 Å². The molecule has 3 rings (SSSR count). The van der Waals surface area contributed by atoms with Gasteiger partial charge in [-0.15, -0.1) is 0 Å². The fourth-order valence-electron chi connectivity index (χ4n) is 3.59. The maximum atomic E-state index is 12.7. The molecule has 3 aromatic carbocycles. The van der Waals surface area contributed by atoms with Crippen molar-refractivity contribution >= 4 is 11.9 Å². The van der Waals surface area contributed by atoms with Gasteiger partial charge in [-0.05, 0) is 84.8 Å². The first-order chi connectivity index (χ1) is 13.4. The van der Waals surface area contributed by atoms with Crippen LogP contribution in [0.3, 0.4) is 0 Å². The van der Waals surface area contributed by atoms with Gasteiger partial charge >= 0.3 is 0 Å². The number of methoxy groups -OCH3 is 1. The zero-order valence-corrected chi connectivity index (χ0v) is 17.2. The van der Waals surface area contributed by atoms with Crippen LogP contribution in [0.1, 0.15) is 38.2 Å². The van der Waals surface area contributed by atoms with Crippen LogP contribution in [0.4, 0.5) is 0 Å². The summed E-state index contributed by atoms with van der Waals surface area (Å²) in [7, 11) is 1.58. The topological polar surface area (TPSA) is 26.3 Å². The summed E-state index contributed by atoms with van der Waals surface area (Å²) in [5, 5.41) is 0. The summed E-state index contributed by atoms with van der Waals surface area (Å²) in [6.45, 7) is 8.62. The Morgan fingerprint density at radius 1 is 0.857 bits per heavy atom. The second-order valence-corrected chi connectivity index (χ2v) is 7.12. The molecule has 0 bridgehead atoms. The molecular formula is C26H26O2. The van der Waals surface area contributed by atoms with E-state index in [2.05, 4.69) is 45.9 Å². The van der Waals surface area contributed by atoms with Crippen molar-refractivity contribution in [3.8, 4) is 16.9 Å². The highest BCUT2D eigenvalue weighted by Crippen LogP contribution is 2.34. The minimum absolute atomic E-state index is 0.0684. The highest BCUT2D eigenvalue weighted by atomic mass is 16.5. The average molecular weight is 370 g/mol. The quantitative estimate of drug-likeness (QED) is 0.379. The van der Waals surface area contributed by atoms with Crippen LogP contribution in [0, 0.1) is 27.7 Å². The van der Waals surface area contributed by atoms with E-state index in [1.807, 2.05) is 30.3 Å². The Balaban J connectivity index is 2.05. The molecular weight excluding hydrogens is 344 g/mol. The summed E-state index contributed by atoms with van der Waals surface area (Å²) in [4.78, 5) is 12.7. The molecule has 0 N–H and O–H groups in total. The number of hydrogen-bond donors (Lipinski definition) is 0. The third-order valence-corrected chi connectivity index (χ3v) is 5.38. The molecule has 0 unspecified atom stereocenters. The number of ketones is 1. The van der Waals surface area contributed by atoms with Crippen LogP contribution in [-0.2, 0) is 0 Å². The first-order valence-electron chi connectivity index (χ1n) is 9.46. The maximum absolute atomic E-state index is 12.7. The first-order valence-corrected chi connectivity index (χ1v) is 9.46. The smallest absolute Gasteiger partial charge is 0.189 e. The molecule has 0 radical (unpaired) electrons. The summed E-state index contributed by atoms with van der Waals surface area (Å²) < 4.78 is 5.31. The van der Waals surface area contributed by atoms with Crippen molar-refractivity contribution in [1.82, 2.24) is 0 Å². The molecule has 0 aromatic heterocycles. The van der Waals surface area contributed by atoms with E-state index in [9.17, 15) is 4.79 Å². The fraction of sp³-hybridized carbons (Fsp3) is 0.192. The number of hydrogen-bond acceptors (Lipinski definition) is 2. The van der Waals surface area contributed by atoms with E-state index in [1.165, 1.54) is 27.8 Å². The molecule has 2 heteroatoms. The second kappa shape index (κ2) is 8.26. The van der Waals surface area contributed by atoms with Crippen LogP contribution < -0.4 is 4.74 Å². The normalized spacial score (nSPS) is 11.0. The van der Waals surface area contributed by atoms with Gasteiger partial charge in [0.05, 0.1) is 12.7 Å². The predicted molar refractivity (Wildman–Crippen MR) is 117 cm³/mol. The molecule has 2 nitrogen and oxygen atoms in total. The molecule has 28 heavy (non-hydrogen) atoms. The van der Waals surface area contributed by atoms with Crippen molar-refractivity contribution < 1.29 is 9.53 Å². The minimum atomic E-state index is -0.0684. The van der Waals surface area contributed by atoms with Crippen LogP contribution in [-0.4, -0.2) is 12.9 Å². The van der Waals surface area contributed by atoms with Gasteiger partial charge in [0.1, 0.15) is 5.75 Å². The van der Waals surface area contributed by atoms with Gasteiger partial charge in [-0.2, -0.15) is 0 Å². The molecule has 0 amide bonds. The highest BCUT2D eigenvalue weighted by Gasteiger charge is 2.13. The maximum Gasteiger partial charge on any atom is 0.189 e. The summed E-state index contributed by atoms with van der Waals surface area (Å²) in [5.41, 5.74) is 9.11. The van der Waals surface area contributed by atoms with E-state index < -0.39 is 0 Å². The Bertz CT molecular complexity index is 1030. The molecule has 0 heterocycles. The van der Waals surface area contributed by atoms with E-state index in [-0.39, 0.29) is 5.78 Å². The van der Waals surface area contributed by atoms with Crippen molar-refractivity contribution in [3.05, 3.63) is 94.1 Å². The third kappa shape index (κ3) is 3.77. The van der Waals surface area contributed by atoms with Gasteiger partial charge < -0.3 is 4.74 Å². The summed E-state index contributed by atoms with van der Waals surface area (Å²) in [6.07, 6.45) is 3.53. The Labute approximate surface area is 167 Å². The molecule has 0 saturated carbocycles. The zero-order chi connectivity index (χ0) is 20.3. The van der Waals surface area contributed by atoms with Crippen molar-refractivity contribution in [2.45, 2.75) is 27.7 Å². The minimum Gasteiger partial charge on any atom is -0.496 e. The zero-order valence-electron chi connectivity index (χ0n) is 17.2. The molecule has 0 aliphatic heterocycles. The number of carbonyl (C=O) groups excluding carboxylic acids is 1. The lowest BCUT2D eigenvalue weighted by Gasteiger charge is -2.17. The standard InChI is InChI=1S/C26H26O2/c1-17-16-18(2)20(4)26(19(17)3)22-11-7-6-10-21(22)14-15-24(27)23-12-8-9-13-25(23)28-5/h6-16H,1-5H3. The molecule has 0 fully saturated rings. The fourth-order valence-corrected chi connectivity index (χ4v) is 3.59. The van der Waals surface area contributed by atoms with E-state index in [0.29, 0.717) is 11.3 Å². The molecule has 0 aliphatic carbocycles. The number of aryl methyl sites for hydroxylation is 2. The van der Waals surface area contributed by atoms with E-state index >= 15 is 0 Å². The van der Waals surface area contributed by atoms with Gasteiger partial charge in [0.2, 0.25) is 0 Å². The number of allylic oxidation sites excluding steroid dienone is 1. The summed E-state index contributed by atoms with van der Waals surface area (Å²) in [6, 6.07) is 17.8. The van der Waals surface area contributed by atoms with Crippen molar-refractivity contribution in [2.75, 3.05) is 7.11 Å². The van der Waals surface area contributed by atoms with Gasteiger partial charge in [-0.3, -0.25) is 4.79 Å². The Morgan fingerprint density at radius 2 is 1.46 bits per heavy atom. The molecule has 142 valence electrons. The van der Waals surface area contributed by atoms with Crippen molar-refractivity contribution in [3.63, 3.8) is 0 Å². The van der Waals surface area contributed by atoms with Gasteiger partial charge in [0.25, 0.3) is 0 Å². The van der Waals surface area contributed by atoms with Crippen molar-refractivity contribution in [1.29, 1.82) is 0 Å². The van der Waals surface area contributed by atoms with Crippen LogP contribution in [0.2, 0.25) is 0 Å². The lowest BCUT2D eigenvalue weighted by Crippen LogP contribution is -1.99. The van der Waals surface area contributed by atoms with Crippen LogP contribution in [0.15, 0.2) is 60.7 Å². The number of para-hydroxylation sites is 1. The van der Waals surface area contributed by atoms with Crippen molar-refractivity contribution in [2.24, 2.45) is 0 Å². The highest BCUT2D eigenvalue weighted by molar-refractivity contribution is 6.09. The van der Waals surface area contributed by atoms with E-state index in [0.717, 1.165) is 11.1 Å². The van der Waals surface area contributed by atoms with Crippen LogP contribution in [0.25, 0.3) is 17.2 Å². The molecule has 0 aliphatic rings. The number of ether oxygens (including phenoxy) is 1. The number of rotatable bonds is 5. The largest absolute Gasteiger partial charge is 0.496 e. The Morgan fingerprint density at radius 3 is 2.14 bits per heavy atom. The molecule has 0 spiro atoms. The number of benzene rings is 3. The molecule has 0 atom stereocenters. The monoisotopic (exact) mass is 370 g/mol. The van der Waals surface area contributed by atoms with Gasteiger partial charge in [-0.25, -0.2) is 0 Å². The summed E-state index contributed by atoms with van der Waals surface area (Å²) in [5.74, 6) is 0.521. The van der Waals surface area contributed by atoms with Gasteiger partial charge in [0, 0.05) is 0 Å². The average Bonchev–Trinajstić information content (AvgIpc) is 2.71. The van der Waals surface area contributed by atoms with Crippen LogP contribution in [0.5, 0.6) is 5.75 Å². The third-order valence-electron chi connectivity index (χ3n) is 5.38. The lowest BCUT2D eigenvalue weighted by atomic mass is 9.87. The Kier molecular flexibility index (Phi) is 5.79. The van der Waals surface area contributed by atoms with Gasteiger partial charge in [-0.1, -0.05) is 48.5 Å². The molecule has 0 saturated heterocycles. The Hall–Kier alpha value is -3.13. The van der Waals surface area contributed by atoms with Crippen LogP contribution >= 0.6 is 0 Å². The number of carbonyl (C=O) groups is 1. The predicted octanol–water partition coefficient (Wildman–Crippen LogP) is 6.49.